The quantitative estimate of drug-likeness (QED) is 0.255. The van der Waals surface area contributed by atoms with Crippen LogP contribution in [-0.2, 0) is 9.59 Å². The van der Waals surface area contributed by atoms with Gasteiger partial charge >= 0.3 is 5.97 Å². The number of carboxylic acids is 1. The summed E-state index contributed by atoms with van der Waals surface area (Å²) in [6, 6.07) is -0.847. The van der Waals surface area contributed by atoms with E-state index in [4.69, 9.17) is 11.1 Å². The van der Waals surface area contributed by atoms with Crippen molar-refractivity contribution >= 4 is 17.8 Å². The lowest BCUT2D eigenvalue weighted by atomic mass is 9.80. The molecule has 140 valence electrons. The van der Waals surface area contributed by atoms with Crippen molar-refractivity contribution in [2.75, 3.05) is 0 Å². The van der Waals surface area contributed by atoms with Crippen LogP contribution in [0.3, 0.4) is 0 Å². The van der Waals surface area contributed by atoms with E-state index in [1.807, 2.05) is 13.8 Å². The van der Waals surface area contributed by atoms with Crippen LogP contribution in [-0.4, -0.2) is 51.7 Å². The number of carbonyl (C=O) groups is 2. The van der Waals surface area contributed by atoms with E-state index in [0.29, 0.717) is 0 Å². The molecule has 9 nitrogen and oxygen atoms in total. The molecule has 5 atom stereocenters. The van der Waals surface area contributed by atoms with Crippen LogP contribution >= 0.6 is 0 Å². The summed E-state index contributed by atoms with van der Waals surface area (Å²) in [5, 5.41) is 32.9. The SMILES string of the molecule is CCC(CC)C(NC(C)=O)[C@@H]1[C@H](O)[C@@H](C(=O)O)C[C@H]1NC(=N)N.O. The summed E-state index contributed by atoms with van der Waals surface area (Å²) in [5.74, 6) is -2.95. The highest BCUT2D eigenvalue weighted by atomic mass is 16.4. The summed E-state index contributed by atoms with van der Waals surface area (Å²) < 4.78 is 0. The Morgan fingerprint density at radius 1 is 1.33 bits per heavy atom. The minimum Gasteiger partial charge on any atom is -0.481 e. The first-order chi connectivity index (χ1) is 10.7. The number of carbonyl (C=O) groups excluding carboxylic acids is 1. The van der Waals surface area contributed by atoms with Crippen molar-refractivity contribution in [3.05, 3.63) is 0 Å². The molecule has 0 aromatic heterocycles. The molecule has 0 radical (unpaired) electrons. The number of hydrogen-bond donors (Lipinski definition) is 6. The van der Waals surface area contributed by atoms with Crippen LogP contribution in [0.4, 0.5) is 0 Å². The summed E-state index contributed by atoms with van der Waals surface area (Å²) in [6.07, 6.45) is 0.628. The number of nitrogens with two attached hydrogens (primary N) is 1. The molecule has 0 aliphatic heterocycles. The first kappa shape index (κ1) is 22.1. The van der Waals surface area contributed by atoms with Gasteiger partial charge < -0.3 is 32.1 Å². The highest BCUT2D eigenvalue weighted by Crippen LogP contribution is 2.37. The van der Waals surface area contributed by atoms with Crippen LogP contribution in [0, 0.1) is 23.2 Å². The first-order valence-corrected chi connectivity index (χ1v) is 8.01. The zero-order valence-corrected chi connectivity index (χ0v) is 14.4. The maximum atomic E-state index is 11.6. The van der Waals surface area contributed by atoms with Crippen molar-refractivity contribution < 1.29 is 25.3 Å². The molecular formula is C15H30N4O5. The van der Waals surface area contributed by atoms with Gasteiger partial charge in [-0.25, -0.2) is 0 Å². The van der Waals surface area contributed by atoms with Crippen LogP contribution in [0.15, 0.2) is 0 Å². The van der Waals surface area contributed by atoms with Crippen molar-refractivity contribution in [2.45, 2.75) is 58.2 Å². The molecule has 0 bridgehead atoms. The molecule has 0 aromatic carbocycles. The van der Waals surface area contributed by atoms with Gasteiger partial charge in [-0.05, 0) is 12.3 Å². The lowest BCUT2D eigenvalue weighted by Gasteiger charge is -2.36. The van der Waals surface area contributed by atoms with Crippen molar-refractivity contribution in [1.29, 1.82) is 5.41 Å². The van der Waals surface area contributed by atoms with E-state index in [0.717, 1.165) is 12.8 Å². The smallest absolute Gasteiger partial charge is 0.309 e. The van der Waals surface area contributed by atoms with Crippen LogP contribution < -0.4 is 16.4 Å². The summed E-state index contributed by atoms with van der Waals surface area (Å²) in [5.41, 5.74) is 5.40. The van der Waals surface area contributed by atoms with Crippen LogP contribution in [0.2, 0.25) is 0 Å². The molecule has 1 unspecified atom stereocenters. The van der Waals surface area contributed by atoms with Gasteiger partial charge in [0, 0.05) is 24.9 Å². The fourth-order valence-corrected chi connectivity index (χ4v) is 3.70. The van der Waals surface area contributed by atoms with Gasteiger partial charge in [-0.1, -0.05) is 26.7 Å². The summed E-state index contributed by atoms with van der Waals surface area (Å²) in [6.45, 7) is 5.39. The number of nitrogens with one attached hydrogen (secondary N) is 3. The average Bonchev–Trinajstić information content (AvgIpc) is 2.74. The molecular weight excluding hydrogens is 316 g/mol. The Hall–Kier alpha value is -1.87. The summed E-state index contributed by atoms with van der Waals surface area (Å²) >= 11 is 0. The summed E-state index contributed by atoms with van der Waals surface area (Å²) in [4.78, 5) is 23.0. The molecule has 9 heteroatoms. The van der Waals surface area contributed by atoms with E-state index in [2.05, 4.69) is 10.6 Å². The standard InChI is InChI=1S/C15H28N4O4.H2O/c1-4-8(5-2)12(18-7(3)20)11-10(19-15(16)17)6-9(13(11)21)14(22)23;/h8-13,21H,4-6H2,1-3H3,(H,18,20)(H,22,23)(H4,16,17,19);1H2/t9-,10+,11+,12?,13+;/m0./s1. The molecule has 9 N–H and O–H groups in total. The Labute approximate surface area is 141 Å². The number of guanidine groups is 1. The molecule has 1 aliphatic carbocycles. The summed E-state index contributed by atoms with van der Waals surface area (Å²) in [7, 11) is 0. The number of carboxylic acid groups (broad SMARTS) is 1. The van der Waals surface area contributed by atoms with Crippen molar-refractivity contribution in [3.63, 3.8) is 0 Å². The topological polar surface area (TPSA) is 180 Å². The molecule has 1 fully saturated rings. The van der Waals surface area contributed by atoms with Gasteiger partial charge in [0.15, 0.2) is 5.96 Å². The second-order valence-electron chi connectivity index (χ2n) is 6.22. The molecule has 0 spiro atoms. The van der Waals surface area contributed by atoms with Crippen LogP contribution in [0.1, 0.15) is 40.0 Å². The Balaban J connectivity index is 0.00000529. The zero-order valence-electron chi connectivity index (χ0n) is 14.4. The lowest BCUT2D eigenvalue weighted by molar-refractivity contribution is -0.145. The van der Waals surface area contributed by atoms with Crippen molar-refractivity contribution in [2.24, 2.45) is 23.5 Å². The van der Waals surface area contributed by atoms with Crippen molar-refractivity contribution in [1.82, 2.24) is 10.6 Å². The molecule has 1 aliphatic rings. The maximum absolute atomic E-state index is 11.6. The molecule has 0 aromatic rings. The monoisotopic (exact) mass is 346 g/mol. The highest BCUT2D eigenvalue weighted by molar-refractivity contribution is 5.76. The number of rotatable bonds is 7. The normalized spacial score (nSPS) is 27.2. The highest BCUT2D eigenvalue weighted by Gasteiger charge is 2.50. The average molecular weight is 346 g/mol. The third-order valence-corrected chi connectivity index (χ3v) is 4.78. The fraction of sp³-hybridized carbons (Fsp3) is 0.800. The second kappa shape index (κ2) is 9.43. The molecule has 1 amide bonds. The molecule has 24 heavy (non-hydrogen) atoms. The Morgan fingerprint density at radius 3 is 2.25 bits per heavy atom. The Morgan fingerprint density at radius 2 is 1.88 bits per heavy atom. The van der Waals surface area contributed by atoms with E-state index < -0.39 is 30.0 Å². The van der Waals surface area contributed by atoms with E-state index in [1.54, 1.807) is 0 Å². The van der Waals surface area contributed by atoms with E-state index >= 15 is 0 Å². The van der Waals surface area contributed by atoms with Gasteiger partial charge in [-0.2, -0.15) is 0 Å². The van der Waals surface area contributed by atoms with Gasteiger partial charge in [-0.3, -0.25) is 15.0 Å². The maximum Gasteiger partial charge on any atom is 0.309 e. The molecule has 0 heterocycles. The number of aliphatic hydroxyl groups is 1. The largest absolute Gasteiger partial charge is 0.481 e. The number of hydrogen-bond acceptors (Lipinski definition) is 4. The minimum absolute atomic E-state index is 0. The molecule has 1 saturated carbocycles. The first-order valence-electron chi connectivity index (χ1n) is 8.01. The van der Waals surface area contributed by atoms with Crippen LogP contribution in [0.25, 0.3) is 0 Å². The van der Waals surface area contributed by atoms with E-state index in [1.165, 1.54) is 6.92 Å². The third kappa shape index (κ3) is 5.07. The number of aliphatic hydroxyl groups excluding tert-OH is 1. The van der Waals surface area contributed by atoms with E-state index in [9.17, 15) is 19.8 Å². The second-order valence-corrected chi connectivity index (χ2v) is 6.22. The Bertz CT molecular complexity index is 455. The van der Waals surface area contributed by atoms with Gasteiger partial charge in [0.25, 0.3) is 0 Å². The predicted octanol–water partition coefficient (Wildman–Crippen LogP) is -0.964. The predicted molar refractivity (Wildman–Crippen MR) is 89.4 cm³/mol. The van der Waals surface area contributed by atoms with Crippen LogP contribution in [0.5, 0.6) is 0 Å². The van der Waals surface area contributed by atoms with Gasteiger partial charge in [0.05, 0.1) is 12.0 Å². The van der Waals surface area contributed by atoms with Gasteiger partial charge in [0.2, 0.25) is 5.91 Å². The van der Waals surface area contributed by atoms with Crippen molar-refractivity contribution in [3.8, 4) is 0 Å². The van der Waals surface area contributed by atoms with Gasteiger partial charge in [0.1, 0.15) is 0 Å². The zero-order chi connectivity index (χ0) is 17.7. The lowest BCUT2D eigenvalue weighted by Crippen LogP contribution is -2.54. The molecule has 1 rings (SSSR count). The minimum atomic E-state index is -1.11. The molecule has 0 saturated heterocycles. The fourth-order valence-electron chi connectivity index (χ4n) is 3.70. The third-order valence-electron chi connectivity index (χ3n) is 4.78. The number of aliphatic carboxylic acids is 1. The Kier molecular flexibility index (Phi) is 8.70. The van der Waals surface area contributed by atoms with Gasteiger partial charge in [-0.15, -0.1) is 0 Å². The van der Waals surface area contributed by atoms with E-state index in [-0.39, 0.29) is 35.7 Å². The number of amides is 1.